The zero-order valence-electron chi connectivity index (χ0n) is 10.0. The molecule has 0 saturated carbocycles. The molecule has 1 heterocycles. The van der Waals surface area contributed by atoms with Gasteiger partial charge in [0, 0.05) is 12.6 Å². The van der Waals surface area contributed by atoms with Gasteiger partial charge >= 0.3 is 6.18 Å². The molecule has 106 valence electrons. The number of hydrogen-bond acceptors (Lipinski definition) is 4. The number of rotatable bonds is 4. The Hall–Kier alpha value is -0.860. The van der Waals surface area contributed by atoms with Gasteiger partial charge in [0.05, 0.1) is 26.4 Å². The van der Waals surface area contributed by atoms with Crippen LogP contribution in [0.25, 0.3) is 0 Å². The highest BCUT2D eigenvalue weighted by molar-refractivity contribution is 5.82. The fourth-order valence-electron chi connectivity index (χ4n) is 1.68. The second kappa shape index (κ2) is 6.35. The van der Waals surface area contributed by atoms with E-state index < -0.39 is 30.7 Å². The molecule has 5 nitrogen and oxygen atoms in total. The van der Waals surface area contributed by atoms with Crippen LogP contribution in [0.1, 0.15) is 6.92 Å². The summed E-state index contributed by atoms with van der Waals surface area (Å²) >= 11 is 0. The molecule has 1 amide bonds. The largest absolute Gasteiger partial charge is 0.401 e. The van der Waals surface area contributed by atoms with Crippen LogP contribution in [0.3, 0.4) is 0 Å². The van der Waals surface area contributed by atoms with Crippen molar-refractivity contribution in [3.63, 3.8) is 0 Å². The maximum atomic E-state index is 12.4. The zero-order valence-corrected chi connectivity index (χ0v) is 10.0. The molecule has 2 N–H and O–H groups in total. The molecular formula is C10H17F3N2O3. The van der Waals surface area contributed by atoms with Gasteiger partial charge in [0.1, 0.15) is 6.04 Å². The van der Waals surface area contributed by atoms with Gasteiger partial charge in [-0.15, -0.1) is 0 Å². The summed E-state index contributed by atoms with van der Waals surface area (Å²) in [6.45, 7) is 0.330. The summed E-state index contributed by atoms with van der Waals surface area (Å²) in [7, 11) is 0. The number of morpholine rings is 1. The van der Waals surface area contributed by atoms with Crippen molar-refractivity contribution in [2.75, 3.05) is 32.9 Å². The standard InChI is InChI=1S/C10H17F3N2O3/c1-7(4-16)14-9(17)8-5-18-3-2-15(8)6-10(11,12)13/h7-8,16H,2-6H2,1H3,(H,14,17). The van der Waals surface area contributed by atoms with Crippen molar-refractivity contribution in [1.82, 2.24) is 10.2 Å². The molecule has 2 unspecified atom stereocenters. The Balaban J connectivity index is 2.61. The van der Waals surface area contributed by atoms with Crippen LogP contribution in [0.4, 0.5) is 13.2 Å². The molecule has 0 spiro atoms. The van der Waals surface area contributed by atoms with Crippen molar-refractivity contribution in [3.05, 3.63) is 0 Å². The van der Waals surface area contributed by atoms with Crippen molar-refractivity contribution in [2.24, 2.45) is 0 Å². The van der Waals surface area contributed by atoms with Crippen LogP contribution in [0.5, 0.6) is 0 Å². The molecule has 18 heavy (non-hydrogen) atoms. The lowest BCUT2D eigenvalue weighted by atomic mass is 10.2. The first kappa shape index (κ1) is 15.2. The van der Waals surface area contributed by atoms with Crippen LogP contribution in [-0.2, 0) is 9.53 Å². The third kappa shape index (κ3) is 4.79. The van der Waals surface area contributed by atoms with Crippen molar-refractivity contribution in [1.29, 1.82) is 0 Å². The molecule has 8 heteroatoms. The number of aliphatic hydroxyl groups is 1. The van der Waals surface area contributed by atoms with Crippen LogP contribution >= 0.6 is 0 Å². The highest BCUT2D eigenvalue weighted by atomic mass is 19.4. The van der Waals surface area contributed by atoms with Crippen LogP contribution in [0.2, 0.25) is 0 Å². The van der Waals surface area contributed by atoms with Gasteiger partial charge in [-0.1, -0.05) is 0 Å². The Morgan fingerprint density at radius 1 is 1.61 bits per heavy atom. The van der Waals surface area contributed by atoms with Gasteiger partial charge in [-0.05, 0) is 6.92 Å². The van der Waals surface area contributed by atoms with Crippen molar-refractivity contribution < 1.29 is 27.8 Å². The lowest BCUT2D eigenvalue weighted by molar-refractivity contribution is -0.167. The van der Waals surface area contributed by atoms with E-state index in [2.05, 4.69) is 5.32 Å². The molecule has 1 aliphatic heterocycles. The number of carbonyl (C=O) groups is 1. The maximum Gasteiger partial charge on any atom is 0.401 e. The van der Waals surface area contributed by atoms with E-state index >= 15 is 0 Å². The monoisotopic (exact) mass is 270 g/mol. The molecule has 0 aromatic carbocycles. The lowest BCUT2D eigenvalue weighted by Crippen LogP contribution is -2.57. The smallest absolute Gasteiger partial charge is 0.394 e. The zero-order chi connectivity index (χ0) is 13.8. The van der Waals surface area contributed by atoms with Gasteiger partial charge in [0.15, 0.2) is 0 Å². The lowest BCUT2D eigenvalue weighted by Gasteiger charge is -2.35. The highest BCUT2D eigenvalue weighted by Gasteiger charge is 2.38. The fourth-order valence-corrected chi connectivity index (χ4v) is 1.68. The van der Waals surface area contributed by atoms with Crippen LogP contribution < -0.4 is 5.32 Å². The minimum absolute atomic E-state index is 0.0606. The summed E-state index contributed by atoms with van der Waals surface area (Å²) in [5.41, 5.74) is 0. The molecule has 1 aliphatic rings. The number of halogens is 3. The van der Waals surface area contributed by atoms with Crippen molar-refractivity contribution in [2.45, 2.75) is 25.2 Å². The van der Waals surface area contributed by atoms with E-state index in [0.29, 0.717) is 0 Å². The van der Waals surface area contributed by atoms with Gasteiger partial charge in [-0.3, -0.25) is 9.69 Å². The maximum absolute atomic E-state index is 12.4. The Labute approximate surface area is 103 Å². The Morgan fingerprint density at radius 3 is 2.83 bits per heavy atom. The van der Waals surface area contributed by atoms with Crippen LogP contribution in [-0.4, -0.2) is 67.1 Å². The molecule has 0 aromatic heterocycles. The van der Waals surface area contributed by atoms with E-state index in [4.69, 9.17) is 9.84 Å². The average Bonchev–Trinajstić information content (AvgIpc) is 2.27. The van der Waals surface area contributed by atoms with Gasteiger partial charge in [0.2, 0.25) is 5.91 Å². The number of amides is 1. The predicted molar refractivity (Wildman–Crippen MR) is 56.9 cm³/mol. The molecule has 1 fully saturated rings. The summed E-state index contributed by atoms with van der Waals surface area (Å²) < 4.78 is 42.1. The molecule has 0 bridgehead atoms. The van der Waals surface area contributed by atoms with Crippen LogP contribution in [0.15, 0.2) is 0 Å². The number of ether oxygens (including phenoxy) is 1. The summed E-state index contributed by atoms with van der Waals surface area (Å²) in [6.07, 6.45) is -4.35. The number of nitrogens with zero attached hydrogens (tertiary/aromatic N) is 1. The molecule has 0 aromatic rings. The first-order valence-corrected chi connectivity index (χ1v) is 5.63. The second-order valence-electron chi connectivity index (χ2n) is 4.27. The highest BCUT2D eigenvalue weighted by Crippen LogP contribution is 2.19. The average molecular weight is 270 g/mol. The van der Waals surface area contributed by atoms with Gasteiger partial charge in [-0.2, -0.15) is 13.2 Å². The Morgan fingerprint density at radius 2 is 2.28 bits per heavy atom. The van der Waals surface area contributed by atoms with E-state index in [1.165, 1.54) is 0 Å². The quantitative estimate of drug-likeness (QED) is 0.739. The van der Waals surface area contributed by atoms with E-state index in [1.807, 2.05) is 0 Å². The van der Waals surface area contributed by atoms with Crippen molar-refractivity contribution in [3.8, 4) is 0 Å². The Kier molecular flexibility index (Phi) is 5.36. The topological polar surface area (TPSA) is 61.8 Å². The van der Waals surface area contributed by atoms with E-state index in [0.717, 1.165) is 4.90 Å². The molecule has 1 rings (SSSR count). The Bertz CT molecular complexity index is 286. The first-order valence-electron chi connectivity index (χ1n) is 5.63. The fraction of sp³-hybridized carbons (Fsp3) is 0.900. The second-order valence-corrected chi connectivity index (χ2v) is 4.27. The summed E-state index contributed by atoms with van der Waals surface area (Å²) in [5.74, 6) is -0.555. The van der Waals surface area contributed by atoms with Crippen molar-refractivity contribution >= 4 is 5.91 Å². The molecule has 1 saturated heterocycles. The van der Waals surface area contributed by atoms with E-state index in [1.54, 1.807) is 6.92 Å². The van der Waals surface area contributed by atoms with E-state index in [-0.39, 0.29) is 26.4 Å². The summed E-state index contributed by atoms with van der Waals surface area (Å²) in [5, 5.41) is 11.2. The van der Waals surface area contributed by atoms with Gasteiger partial charge < -0.3 is 15.2 Å². The molecular weight excluding hydrogens is 253 g/mol. The third-order valence-corrected chi connectivity index (χ3v) is 2.59. The predicted octanol–water partition coefficient (Wildman–Crippen LogP) is -0.254. The molecule has 0 aliphatic carbocycles. The summed E-state index contributed by atoms with van der Waals surface area (Å²) in [6, 6.07) is -1.46. The number of nitrogens with one attached hydrogen (secondary N) is 1. The number of hydrogen-bond donors (Lipinski definition) is 2. The number of aliphatic hydroxyl groups excluding tert-OH is 1. The SMILES string of the molecule is CC(CO)NC(=O)C1COCCN1CC(F)(F)F. The van der Waals surface area contributed by atoms with Crippen LogP contribution in [0, 0.1) is 0 Å². The molecule has 2 atom stereocenters. The minimum atomic E-state index is -4.35. The van der Waals surface area contributed by atoms with Gasteiger partial charge in [-0.25, -0.2) is 0 Å². The summed E-state index contributed by atoms with van der Waals surface area (Å²) in [4.78, 5) is 12.8. The van der Waals surface area contributed by atoms with E-state index in [9.17, 15) is 18.0 Å². The number of carbonyl (C=O) groups excluding carboxylic acids is 1. The third-order valence-electron chi connectivity index (χ3n) is 2.59. The normalized spacial score (nSPS) is 23.7. The van der Waals surface area contributed by atoms with Gasteiger partial charge in [0.25, 0.3) is 0 Å². The first-order chi connectivity index (χ1) is 8.33. The molecule has 0 radical (unpaired) electrons. The number of alkyl halides is 3. The minimum Gasteiger partial charge on any atom is -0.394 e.